The lowest BCUT2D eigenvalue weighted by atomic mass is 10.1. The van der Waals surface area contributed by atoms with Crippen molar-refractivity contribution in [3.8, 4) is 11.5 Å². The molecule has 1 aliphatic heterocycles. The molecule has 126 valence electrons. The van der Waals surface area contributed by atoms with E-state index in [4.69, 9.17) is 9.47 Å². The Bertz CT molecular complexity index is 738. The molecule has 1 atom stereocenters. The van der Waals surface area contributed by atoms with Gasteiger partial charge in [0.15, 0.2) is 11.5 Å². The Hall–Kier alpha value is -2.21. The number of hydrogen-bond acceptors (Lipinski definition) is 4. The maximum absolute atomic E-state index is 13.5. The van der Waals surface area contributed by atoms with Gasteiger partial charge in [-0.1, -0.05) is 18.2 Å². The molecule has 0 radical (unpaired) electrons. The predicted molar refractivity (Wildman–Crippen MR) is 90.9 cm³/mol. The quantitative estimate of drug-likeness (QED) is 0.805. The van der Waals surface area contributed by atoms with Gasteiger partial charge in [0.2, 0.25) is 12.7 Å². The van der Waals surface area contributed by atoms with Crippen molar-refractivity contribution in [2.45, 2.75) is 24.3 Å². The molecule has 0 aliphatic carbocycles. The highest BCUT2D eigenvalue weighted by molar-refractivity contribution is 7.99. The number of rotatable bonds is 6. The summed E-state index contributed by atoms with van der Waals surface area (Å²) in [7, 11) is 0. The van der Waals surface area contributed by atoms with Crippen LogP contribution in [0, 0.1) is 5.82 Å². The molecule has 2 aromatic rings. The van der Waals surface area contributed by atoms with Crippen LogP contribution in [0.5, 0.6) is 11.5 Å². The molecular weight excluding hydrogens is 329 g/mol. The highest BCUT2D eigenvalue weighted by atomic mass is 32.2. The lowest BCUT2D eigenvalue weighted by molar-refractivity contribution is -0.121. The van der Waals surface area contributed by atoms with E-state index in [0.717, 1.165) is 11.3 Å². The number of benzene rings is 2. The summed E-state index contributed by atoms with van der Waals surface area (Å²) in [6, 6.07) is 12.1. The standard InChI is InChI=1S/C18H18FNO3S/c1-12(13-6-7-15-16(10-13)23-11-22-15)20-18(21)8-9-24-17-5-3-2-4-14(17)19/h2-7,10,12H,8-9,11H2,1H3,(H,20,21). The topological polar surface area (TPSA) is 47.6 Å². The van der Waals surface area contributed by atoms with Crippen LogP contribution in [0.2, 0.25) is 0 Å². The van der Waals surface area contributed by atoms with E-state index < -0.39 is 0 Å². The molecule has 1 amide bonds. The molecule has 0 spiro atoms. The molecule has 2 aromatic carbocycles. The Morgan fingerprint density at radius 2 is 2.04 bits per heavy atom. The summed E-state index contributed by atoms with van der Waals surface area (Å²) in [5.41, 5.74) is 0.953. The van der Waals surface area contributed by atoms with Crippen LogP contribution >= 0.6 is 11.8 Å². The summed E-state index contributed by atoms with van der Waals surface area (Å²) in [6.07, 6.45) is 0.327. The summed E-state index contributed by atoms with van der Waals surface area (Å²) in [4.78, 5) is 12.6. The van der Waals surface area contributed by atoms with Crippen molar-refractivity contribution in [1.29, 1.82) is 0 Å². The van der Waals surface area contributed by atoms with Crippen LogP contribution in [0.1, 0.15) is 24.9 Å². The van der Waals surface area contributed by atoms with Crippen molar-refractivity contribution in [1.82, 2.24) is 5.32 Å². The summed E-state index contributed by atoms with van der Waals surface area (Å²) in [5, 5.41) is 2.95. The van der Waals surface area contributed by atoms with Gasteiger partial charge in [-0.05, 0) is 36.8 Å². The molecule has 1 aliphatic rings. The maximum Gasteiger partial charge on any atom is 0.231 e. The third-order valence-corrected chi connectivity index (χ3v) is 4.75. The smallest absolute Gasteiger partial charge is 0.231 e. The van der Waals surface area contributed by atoms with Crippen molar-refractivity contribution in [2.24, 2.45) is 0 Å². The Balaban J connectivity index is 1.48. The largest absolute Gasteiger partial charge is 0.454 e. The number of carbonyl (C=O) groups excluding carboxylic acids is 1. The Morgan fingerprint density at radius 1 is 1.25 bits per heavy atom. The number of amides is 1. The molecule has 24 heavy (non-hydrogen) atoms. The van der Waals surface area contributed by atoms with Crippen molar-refractivity contribution in [2.75, 3.05) is 12.5 Å². The van der Waals surface area contributed by atoms with E-state index in [-0.39, 0.29) is 24.6 Å². The average molecular weight is 347 g/mol. The minimum Gasteiger partial charge on any atom is -0.454 e. The van der Waals surface area contributed by atoms with E-state index in [9.17, 15) is 9.18 Å². The second-order valence-electron chi connectivity index (χ2n) is 5.43. The zero-order valence-corrected chi connectivity index (χ0v) is 14.1. The molecule has 0 fully saturated rings. The van der Waals surface area contributed by atoms with Crippen LogP contribution in [-0.4, -0.2) is 18.5 Å². The SMILES string of the molecule is CC(NC(=O)CCSc1ccccc1F)c1ccc2c(c1)OCO2. The molecule has 0 saturated carbocycles. The van der Waals surface area contributed by atoms with Crippen molar-refractivity contribution < 1.29 is 18.7 Å². The average Bonchev–Trinajstić information content (AvgIpc) is 3.04. The first-order valence-corrected chi connectivity index (χ1v) is 8.68. The van der Waals surface area contributed by atoms with Gasteiger partial charge < -0.3 is 14.8 Å². The van der Waals surface area contributed by atoms with Crippen LogP contribution in [0.4, 0.5) is 4.39 Å². The minimum atomic E-state index is -0.253. The number of nitrogens with one attached hydrogen (secondary N) is 1. The van der Waals surface area contributed by atoms with Gasteiger partial charge in [0.1, 0.15) is 5.82 Å². The fraction of sp³-hybridized carbons (Fsp3) is 0.278. The number of hydrogen-bond donors (Lipinski definition) is 1. The van der Waals surface area contributed by atoms with Gasteiger partial charge in [0.25, 0.3) is 0 Å². The summed E-state index contributed by atoms with van der Waals surface area (Å²) >= 11 is 1.34. The third kappa shape index (κ3) is 4.00. The molecule has 1 unspecified atom stereocenters. The Labute approximate surface area is 144 Å². The highest BCUT2D eigenvalue weighted by Gasteiger charge is 2.16. The monoisotopic (exact) mass is 347 g/mol. The van der Waals surface area contributed by atoms with Crippen LogP contribution in [-0.2, 0) is 4.79 Å². The number of fused-ring (bicyclic) bond motifs is 1. The first kappa shape index (κ1) is 16.6. The number of halogens is 1. The van der Waals surface area contributed by atoms with Gasteiger partial charge in [-0.25, -0.2) is 4.39 Å². The van der Waals surface area contributed by atoms with Gasteiger partial charge in [0.05, 0.1) is 6.04 Å². The fourth-order valence-corrected chi connectivity index (χ4v) is 3.28. The molecular formula is C18H18FNO3S. The first-order chi connectivity index (χ1) is 11.6. The van der Waals surface area contributed by atoms with E-state index in [1.807, 2.05) is 25.1 Å². The van der Waals surface area contributed by atoms with Crippen molar-refractivity contribution >= 4 is 17.7 Å². The second-order valence-corrected chi connectivity index (χ2v) is 6.57. The molecule has 6 heteroatoms. The second kappa shape index (κ2) is 7.57. The molecule has 0 saturated heterocycles. The van der Waals surface area contributed by atoms with Crippen LogP contribution < -0.4 is 14.8 Å². The van der Waals surface area contributed by atoms with Crippen LogP contribution in [0.25, 0.3) is 0 Å². The van der Waals surface area contributed by atoms with Gasteiger partial charge in [-0.15, -0.1) is 11.8 Å². The normalized spacial score (nSPS) is 13.6. The number of thioether (sulfide) groups is 1. The van der Waals surface area contributed by atoms with Gasteiger partial charge in [-0.2, -0.15) is 0 Å². The first-order valence-electron chi connectivity index (χ1n) is 7.70. The maximum atomic E-state index is 13.5. The van der Waals surface area contributed by atoms with E-state index in [2.05, 4.69) is 5.32 Å². The zero-order valence-electron chi connectivity index (χ0n) is 13.3. The van der Waals surface area contributed by atoms with Crippen molar-refractivity contribution in [3.05, 3.63) is 53.8 Å². The Morgan fingerprint density at radius 3 is 2.88 bits per heavy atom. The molecule has 0 bridgehead atoms. The fourth-order valence-electron chi connectivity index (χ4n) is 2.39. The third-order valence-electron chi connectivity index (χ3n) is 3.70. The molecule has 3 rings (SSSR count). The van der Waals surface area contributed by atoms with Gasteiger partial charge >= 0.3 is 0 Å². The summed E-state index contributed by atoms with van der Waals surface area (Å²) in [5.74, 6) is 1.63. The molecule has 1 heterocycles. The van der Waals surface area contributed by atoms with E-state index >= 15 is 0 Å². The lowest BCUT2D eigenvalue weighted by Crippen LogP contribution is -2.26. The van der Waals surface area contributed by atoms with Gasteiger partial charge in [0, 0.05) is 17.1 Å². The number of carbonyl (C=O) groups is 1. The van der Waals surface area contributed by atoms with E-state index in [1.54, 1.807) is 18.2 Å². The molecule has 1 N–H and O–H groups in total. The van der Waals surface area contributed by atoms with Crippen LogP contribution in [0.3, 0.4) is 0 Å². The lowest BCUT2D eigenvalue weighted by Gasteiger charge is -2.15. The summed E-state index contributed by atoms with van der Waals surface area (Å²) < 4.78 is 24.1. The van der Waals surface area contributed by atoms with E-state index in [1.165, 1.54) is 17.8 Å². The molecule has 0 aromatic heterocycles. The highest BCUT2D eigenvalue weighted by Crippen LogP contribution is 2.34. The Kier molecular flexibility index (Phi) is 5.25. The minimum absolute atomic E-state index is 0.0657. The van der Waals surface area contributed by atoms with Crippen LogP contribution in [0.15, 0.2) is 47.4 Å². The molecule has 4 nitrogen and oxygen atoms in total. The predicted octanol–water partition coefficient (Wildman–Crippen LogP) is 3.91. The summed E-state index contributed by atoms with van der Waals surface area (Å²) in [6.45, 7) is 2.15. The zero-order chi connectivity index (χ0) is 16.9. The number of ether oxygens (including phenoxy) is 2. The van der Waals surface area contributed by atoms with Gasteiger partial charge in [-0.3, -0.25) is 4.79 Å². The van der Waals surface area contributed by atoms with Crippen molar-refractivity contribution in [3.63, 3.8) is 0 Å². The van der Waals surface area contributed by atoms with E-state index in [0.29, 0.717) is 22.8 Å².